The third-order valence-electron chi connectivity index (χ3n) is 2.04. The van der Waals surface area contributed by atoms with E-state index >= 15 is 0 Å². The quantitative estimate of drug-likeness (QED) is 0.458. The SMILES string of the molecule is COC(=O)C(Br)COCCc1scnc1C. The van der Waals surface area contributed by atoms with E-state index in [2.05, 4.69) is 25.7 Å². The fourth-order valence-electron chi connectivity index (χ4n) is 1.11. The molecule has 1 rings (SSSR count). The summed E-state index contributed by atoms with van der Waals surface area (Å²) in [5.74, 6) is -0.311. The number of aromatic nitrogens is 1. The zero-order valence-corrected chi connectivity index (χ0v) is 11.6. The largest absolute Gasteiger partial charge is 0.468 e. The van der Waals surface area contributed by atoms with E-state index in [1.54, 1.807) is 11.3 Å². The van der Waals surface area contributed by atoms with Gasteiger partial charge in [0.15, 0.2) is 0 Å². The van der Waals surface area contributed by atoms with Crippen molar-refractivity contribution in [2.24, 2.45) is 0 Å². The Labute approximate surface area is 107 Å². The highest BCUT2D eigenvalue weighted by atomic mass is 79.9. The van der Waals surface area contributed by atoms with Gasteiger partial charge in [0.2, 0.25) is 0 Å². The van der Waals surface area contributed by atoms with Crippen LogP contribution in [-0.2, 0) is 20.7 Å². The normalized spacial score (nSPS) is 12.4. The molecule has 0 spiro atoms. The van der Waals surface area contributed by atoms with E-state index in [4.69, 9.17) is 4.74 Å². The number of carbonyl (C=O) groups is 1. The molecule has 0 radical (unpaired) electrons. The van der Waals surface area contributed by atoms with E-state index in [1.165, 1.54) is 12.0 Å². The maximum Gasteiger partial charge on any atom is 0.321 e. The molecule has 0 aliphatic heterocycles. The van der Waals surface area contributed by atoms with Gasteiger partial charge < -0.3 is 9.47 Å². The lowest BCUT2D eigenvalue weighted by Crippen LogP contribution is -2.21. The van der Waals surface area contributed by atoms with Crippen LogP contribution in [0.25, 0.3) is 0 Å². The molecular formula is C10H14BrNO3S. The van der Waals surface area contributed by atoms with Crippen molar-refractivity contribution in [2.45, 2.75) is 18.2 Å². The molecule has 0 saturated heterocycles. The number of nitrogens with zero attached hydrogens (tertiary/aromatic N) is 1. The fourth-order valence-corrected chi connectivity index (χ4v) is 2.25. The monoisotopic (exact) mass is 307 g/mol. The highest BCUT2D eigenvalue weighted by Gasteiger charge is 2.14. The number of methoxy groups -OCH3 is 1. The van der Waals surface area contributed by atoms with Crippen LogP contribution in [0.4, 0.5) is 0 Å². The molecule has 0 bridgehead atoms. The molecule has 6 heteroatoms. The third kappa shape index (κ3) is 4.19. The Morgan fingerprint density at radius 2 is 2.44 bits per heavy atom. The summed E-state index contributed by atoms with van der Waals surface area (Å²) in [4.78, 5) is 16.0. The molecule has 1 heterocycles. The van der Waals surface area contributed by atoms with Gasteiger partial charge in [-0.1, -0.05) is 15.9 Å². The molecule has 1 unspecified atom stereocenters. The summed E-state index contributed by atoms with van der Waals surface area (Å²) < 4.78 is 9.94. The fraction of sp³-hybridized carbons (Fsp3) is 0.600. The topological polar surface area (TPSA) is 48.4 Å². The molecule has 0 aromatic carbocycles. The Bertz CT molecular complexity index is 343. The van der Waals surface area contributed by atoms with Crippen LogP contribution in [0.3, 0.4) is 0 Å². The molecule has 0 aliphatic carbocycles. The first-order chi connectivity index (χ1) is 7.65. The minimum absolute atomic E-state index is 0.311. The first kappa shape index (κ1) is 13.6. The van der Waals surface area contributed by atoms with E-state index in [0.29, 0.717) is 13.2 Å². The summed E-state index contributed by atoms with van der Waals surface area (Å²) in [6.45, 7) is 2.89. The predicted molar refractivity (Wildman–Crippen MR) is 66.1 cm³/mol. The van der Waals surface area contributed by atoms with Gasteiger partial charge in [-0.2, -0.15) is 0 Å². The van der Waals surface area contributed by atoms with Crippen LogP contribution in [0, 0.1) is 6.92 Å². The molecule has 1 atom stereocenters. The third-order valence-corrected chi connectivity index (χ3v) is 3.67. The average Bonchev–Trinajstić information content (AvgIpc) is 2.69. The summed E-state index contributed by atoms with van der Waals surface area (Å²) in [6.07, 6.45) is 0.831. The molecule has 0 fully saturated rings. The molecular weight excluding hydrogens is 294 g/mol. The maximum atomic E-state index is 11.0. The summed E-state index contributed by atoms with van der Waals surface area (Å²) in [5.41, 5.74) is 2.88. The van der Waals surface area contributed by atoms with Crippen molar-refractivity contribution in [1.82, 2.24) is 4.98 Å². The second-order valence-corrected chi connectivity index (χ2v) is 5.22. The highest BCUT2D eigenvalue weighted by molar-refractivity contribution is 9.10. The molecule has 1 aromatic heterocycles. The van der Waals surface area contributed by atoms with E-state index in [1.807, 2.05) is 12.4 Å². The summed E-state index contributed by atoms with van der Waals surface area (Å²) in [7, 11) is 1.36. The van der Waals surface area contributed by atoms with Crippen LogP contribution in [-0.4, -0.2) is 36.1 Å². The second-order valence-electron chi connectivity index (χ2n) is 3.18. The minimum atomic E-state index is -0.389. The first-order valence-corrected chi connectivity index (χ1v) is 6.63. The van der Waals surface area contributed by atoms with Crippen LogP contribution >= 0.6 is 27.3 Å². The van der Waals surface area contributed by atoms with Gasteiger partial charge >= 0.3 is 5.97 Å². The number of hydrogen-bond donors (Lipinski definition) is 0. The lowest BCUT2D eigenvalue weighted by atomic mass is 10.3. The van der Waals surface area contributed by atoms with Gasteiger partial charge in [0.1, 0.15) is 4.83 Å². The van der Waals surface area contributed by atoms with Crippen LogP contribution in [0.15, 0.2) is 5.51 Å². The van der Waals surface area contributed by atoms with E-state index in [9.17, 15) is 4.79 Å². The average molecular weight is 308 g/mol. The Morgan fingerprint density at radius 1 is 1.69 bits per heavy atom. The molecule has 0 saturated carbocycles. The van der Waals surface area contributed by atoms with Gasteiger partial charge in [-0.25, -0.2) is 4.98 Å². The molecule has 1 aromatic rings. The van der Waals surface area contributed by atoms with Crippen LogP contribution in [0.5, 0.6) is 0 Å². The number of carbonyl (C=O) groups excluding carboxylic acids is 1. The van der Waals surface area contributed by atoms with Gasteiger partial charge in [0, 0.05) is 11.3 Å². The van der Waals surface area contributed by atoms with Gasteiger partial charge in [-0.15, -0.1) is 11.3 Å². The molecule has 0 aliphatic rings. The standard InChI is InChI=1S/C10H14BrNO3S/c1-7-9(16-6-12-7)3-4-15-5-8(11)10(13)14-2/h6,8H,3-5H2,1-2H3. The van der Waals surface area contributed by atoms with E-state index in [-0.39, 0.29) is 10.8 Å². The van der Waals surface area contributed by atoms with Crippen molar-refractivity contribution in [3.05, 3.63) is 16.1 Å². The van der Waals surface area contributed by atoms with Crippen molar-refractivity contribution in [2.75, 3.05) is 20.3 Å². The van der Waals surface area contributed by atoms with Crippen molar-refractivity contribution < 1.29 is 14.3 Å². The summed E-state index contributed by atoms with van der Waals surface area (Å²) in [5, 5.41) is 0. The number of hydrogen-bond acceptors (Lipinski definition) is 5. The summed E-state index contributed by atoms with van der Waals surface area (Å²) >= 11 is 4.81. The predicted octanol–water partition coefficient (Wildman–Crippen LogP) is 1.95. The highest BCUT2D eigenvalue weighted by Crippen LogP contribution is 2.12. The maximum absolute atomic E-state index is 11.0. The molecule has 0 N–H and O–H groups in total. The molecule has 0 amide bonds. The number of alkyl halides is 1. The van der Waals surface area contributed by atoms with Crippen molar-refractivity contribution in [3.8, 4) is 0 Å². The van der Waals surface area contributed by atoms with E-state index < -0.39 is 0 Å². The lowest BCUT2D eigenvalue weighted by Gasteiger charge is -2.08. The Hall–Kier alpha value is -0.460. The zero-order valence-electron chi connectivity index (χ0n) is 9.23. The number of rotatable bonds is 6. The van der Waals surface area contributed by atoms with Crippen LogP contribution in [0.1, 0.15) is 10.6 Å². The summed E-state index contributed by atoms with van der Waals surface area (Å²) in [6, 6.07) is 0. The molecule has 16 heavy (non-hydrogen) atoms. The van der Waals surface area contributed by atoms with Gasteiger partial charge in [-0.3, -0.25) is 4.79 Å². The van der Waals surface area contributed by atoms with Gasteiger partial charge in [-0.05, 0) is 6.92 Å². The zero-order chi connectivity index (χ0) is 12.0. The van der Waals surface area contributed by atoms with Crippen molar-refractivity contribution in [3.63, 3.8) is 0 Å². The van der Waals surface area contributed by atoms with Crippen molar-refractivity contribution >= 4 is 33.2 Å². The van der Waals surface area contributed by atoms with Crippen LogP contribution < -0.4 is 0 Å². The number of thiazole rings is 1. The number of aryl methyl sites for hydroxylation is 1. The number of ether oxygens (including phenoxy) is 2. The Kier molecular flexibility index (Phi) is 5.94. The smallest absolute Gasteiger partial charge is 0.321 e. The molecule has 90 valence electrons. The Balaban J connectivity index is 2.17. The van der Waals surface area contributed by atoms with Crippen LogP contribution in [0.2, 0.25) is 0 Å². The first-order valence-electron chi connectivity index (χ1n) is 4.83. The number of halogens is 1. The Morgan fingerprint density at radius 3 is 3.00 bits per heavy atom. The molecule has 4 nitrogen and oxygen atoms in total. The van der Waals surface area contributed by atoms with Gasteiger partial charge in [0.05, 0.1) is 31.5 Å². The van der Waals surface area contributed by atoms with E-state index in [0.717, 1.165) is 12.1 Å². The van der Waals surface area contributed by atoms with Crippen molar-refractivity contribution in [1.29, 1.82) is 0 Å². The van der Waals surface area contributed by atoms with Gasteiger partial charge in [0.25, 0.3) is 0 Å². The second kappa shape index (κ2) is 6.98. The minimum Gasteiger partial charge on any atom is -0.468 e. The number of esters is 1. The lowest BCUT2D eigenvalue weighted by molar-refractivity contribution is -0.140.